The molecule has 2 heterocycles. The third-order valence-corrected chi connectivity index (χ3v) is 7.03. The summed E-state index contributed by atoms with van der Waals surface area (Å²) < 4.78 is 32.4. The average Bonchev–Trinajstić information content (AvgIpc) is 3.25. The summed E-state index contributed by atoms with van der Waals surface area (Å²) in [6, 6.07) is 19.2. The zero-order valence-electron chi connectivity index (χ0n) is 16.3. The minimum absolute atomic E-state index is 0.0435. The molecule has 152 valence electrons. The number of hydrogen-bond donors (Lipinski definition) is 0. The summed E-state index contributed by atoms with van der Waals surface area (Å²) in [7, 11) is -3.39. The van der Waals surface area contributed by atoms with Crippen molar-refractivity contribution in [3.05, 3.63) is 72.1 Å². The fourth-order valence-corrected chi connectivity index (χ4v) is 4.82. The molecule has 0 aliphatic carbocycles. The van der Waals surface area contributed by atoms with E-state index in [-0.39, 0.29) is 5.75 Å². The third kappa shape index (κ3) is 4.39. The monoisotopic (exact) mass is 412 g/mol. The summed E-state index contributed by atoms with van der Waals surface area (Å²) in [6.45, 7) is 3.97. The molecule has 2 aromatic carbocycles. The number of aromatic nitrogens is 2. The van der Waals surface area contributed by atoms with Crippen molar-refractivity contribution in [1.29, 1.82) is 0 Å². The number of piperazine rings is 1. The quantitative estimate of drug-likeness (QED) is 0.619. The third-order valence-electron chi connectivity index (χ3n) is 5.15. The van der Waals surface area contributed by atoms with Crippen LogP contribution >= 0.6 is 0 Å². The molecule has 1 aliphatic heterocycles. The van der Waals surface area contributed by atoms with E-state index in [0.29, 0.717) is 31.3 Å². The largest absolute Gasteiger partial charge is 0.337 e. The van der Waals surface area contributed by atoms with Crippen molar-refractivity contribution >= 4 is 10.0 Å². The highest BCUT2D eigenvalue weighted by molar-refractivity contribution is 7.89. The maximum Gasteiger partial charge on any atom is 0.246 e. The Morgan fingerprint density at radius 3 is 2.41 bits per heavy atom. The van der Waals surface area contributed by atoms with Crippen molar-refractivity contribution in [2.24, 2.45) is 0 Å². The molecular weight excluding hydrogens is 388 g/mol. The maximum atomic E-state index is 12.7. The number of rotatable bonds is 6. The highest BCUT2D eigenvalue weighted by Crippen LogP contribution is 2.29. The van der Waals surface area contributed by atoms with Gasteiger partial charge < -0.3 is 4.52 Å². The van der Waals surface area contributed by atoms with E-state index in [1.54, 1.807) is 6.92 Å². The summed E-state index contributed by atoms with van der Waals surface area (Å²) in [4.78, 5) is 6.76. The van der Waals surface area contributed by atoms with Gasteiger partial charge in [0.1, 0.15) is 6.04 Å². The molecule has 0 bridgehead atoms. The van der Waals surface area contributed by atoms with E-state index in [1.807, 2.05) is 48.5 Å². The number of benzene rings is 2. The lowest BCUT2D eigenvalue weighted by molar-refractivity contribution is 0.109. The highest BCUT2D eigenvalue weighted by atomic mass is 32.2. The van der Waals surface area contributed by atoms with Gasteiger partial charge >= 0.3 is 0 Å². The molecule has 0 saturated carbocycles. The van der Waals surface area contributed by atoms with Gasteiger partial charge in [-0.1, -0.05) is 65.8 Å². The SMILES string of the molecule is CCS(=O)(=O)N1CCN(Cc2ccccc2)CC1c1nc(-c2ccccc2)no1. The zero-order valence-corrected chi connectivity index (χ0v) is 17.1. The van der Waals surface area contributed by atoms with Crippen LogP contribution in [-0.4, -0.2) is 53.2 Å². The van der Waals surface area contributed by atoms with E-state index in [9.17, 15) is 8.42 Å². The minimum atomic E-state index is -3.39. The Labute approximate surface area is 171 Å². The molecule has 29 heavy (non-hydrogen) atoms. The van der Waals surface area contributed by atoms with Crippen molar-refractivity contribution in [3.63, 3.8) is 0 Å². The molecule has 1 fully saturated rings. The molecule has 0 N–H and O–H groups in total. The molecule has 1 unspecified atom stereocenters. The van der Waals surface area contributed by atoms with Crippen LogP contribution < -0.4 is 0 Å². The van der Waals surface area contributed by atoms with Gasteiger partial charge in [0.05, 0.1) is 5.75 Å². The van der Waals surface area contributed by atoms with E-state index < -0.39 is 16.1 Å². The molecule has 1 aliphatic rings. The number of nitrogens with zero attached hydrogens (tertiary/aromatic N) is 4. The molecule has 1 aromatic heterocycles. The Kier molecular flexibility index (Phi) is 5.75. The Balaban J connectivity index is 1.61. The summed E-state index contributed by atoms with van der Waals surface area (Å²) in [5, 5.41) is 4.09. The van der Waals surface area contributed by atoms with Crippen molar-refractivity contribution in [1.82, 2.24) is 19.3 Å². The van der Waals surface area contributed by atoms with Crippen molar-refractivity contribution in [2.75, 3.05) is 25.4 Å². The fourth-order valence-electron chi connectivity index (χ4n) is 3.58. The minimum Gasteiger partial charge on any atom is -0.337 e. The van der Waals surface area contributed by atoms with E-state index >= 15 is 0 Å². The van der Waals surface area contributed by atoms with Crippen LogP contribution in [-0.2, 0) is 16.6 Å². The molecule has 1 saturated heterocycles. The fraction of sp³-hybridized carbons (Fsp3) is 0.333. The first-order chi connectivity index (χ1) is 14.1. The van der Waals surface area contributed by atoms with Crippen molar-refractivity contribution in [3.8, 4) is 11.4 Å². The van der Waals surface area contributed by atoms with Gasteiger partial charge in [-0.25, -0.2) is 8.42 Å². The van der Waals surface area contributed by atoms with E-state index in [2.05, 4.69) is 27.2 Å². The smallest absolute Gasteiger partial charge is 0.246 e. The summed E-state index contributed by atoms with van der Waals surface area (Å²) in [5.41, 5.74) is 2.03. The normalized spacial score (nSPS) is 18.7. The molecule has 0 spiro atoms. The van der Waals surface area contributed by atoms with Gasteiger partial charge in [-0.15, -0.1) is 0 Å². The average molecular weight is 413 g/mol. The van der Waals surface area contributed by atoms with Crippen molar-refractivity contribution < 1.29 is 12.9 Å². The van der Waals surface area contributed by atoms with Crippen LogP contribution in [0.25, 0.3) is 11.4 Å². The van der Waals surface area contributed by atoms with Gasteiger partial charge in [-0.05, 0) is 12.5 Å². The van der Waals surface area contributed by atoms with Gasteiger partial charge in [0.15, 0.2) is 0 Å². The second-order valence-corrected chi connectivity index (χ2v) is 9.28. The molecule has 3 aromatic rings. The van der Waals surface area contributed by atoms with Crippen LogP contribution in [0.5, 0.6) is 0 Å². The van der Waals surface area contributed by atoms with Crippen LogP contribution in [0.4, 0.5) is 0 Å². The van der Waals surface area contributed by atoms with Gasteiger partial charge in [0.2, 0.25) is 21.7 Å². The number of sulfonamides is 1. The second kappa shape index (κ2) is 8.44. The topological polar surface area (TPSA) is 79.5 Å². The maximum absolute atomic E-state index is 12.7. The molecule has 8 heteroatoms. The summed E-state index contributed by atoms with van der Waals surface area (Å²) >= 11 is 0. The number of hydrogen-bond acceptors (Lipinski definition) is 6. The Morgan fingerprint density at radius 2 is 1.72 bits per heavy atom. The van der Waals surface area contributed by atoms with Crippen LogP contribution in [0, 0.1) is 0 Å². The van der Waals surface area contributed by atoms with Crippen LogP contribution in [0.15, 0.2) is 65.2 Å². The summed E-state index contributed by atoms with van der Waals surface area (Å²) in [5.74, 6) is 0.843. The molecule has 4 rings (SSSR count). The first-order valence-corrected chi connectivity index (χ1v) is 11.3. The molecule has 7 nitrogen and oxygen atoms in total. The predicted octanol–water partition coefficient (Wildman–Crippen LogP) is 2.95. The van der Waals surface area contributed by atoms with Crippen molar-refractivity contribution in [2.45, 2.75) is 19.5 Å². The second-order valence-electron chi connectivity index (χ2n) is 7.07. The standard InChI is InChI=1S/C21H24N4O3S/c1-2-29(26,27)25-14-13-24(15-17-9-5-3-6-10-17)16-19(25)21-22-20(23-28-21)18-11-7-4-8-12-18/h3-12,19H,2,13-16H2,1H3. The van der Waals surface area contributed by atoms with Gasteiger partial charge in [-0.2, -0.15) is 9.29 Å². The lowest BCUT2D eigenvalue weighted by atomic mass is 10.1. The lowest BCUT2D eigenvalue weighted by Crippen LogP contribution is -2.50. The molecular formula is C21H24N4O3S. The Morgan fingerprint density at radius 1 is 1.03 bits per heavy atom. The van der Waals surface area contributed by atoms with Crippen LogP contribution in [0.3, 0.4) is 0 Å². The zero-order chi connectivity index (χ0) is 20.3. The highest BCUT2D eigenvalue weighted by Gasteiger charge is 2.38. The lowest BCUT2D eigenvalue weighted by Gasteiger charge is -2.38. The summed E-state index contributed by atoms with van der Waals surface area (Å²) in [6.07, 6.45) is 0. The van der Waals surface area contributed by atoms with Crippen LogP contribution in [0.2, 0.25) is 0 Å². The van der Waals surface area contributed by atoms with Crippen LogP contribution in [0.1, 0.15) is 24.4 Å². The van der Waals surface area contributed by atoms with Gasteiger partial charge in [0, 0.05) is 31.7 Å². The predicted molar refractivity (Wildman–Crippen MR) is 110 cm³/mol. The first-order valence-electron chi connectivity index (χ1n) is 9.71. The first kappa shape index (κ1) is 19.8. The molecule has 0 radical (unpaired) electrons. The molecule has 0 amide bonds. The Bertz CT molecular complexity index is 1040. The van der Waals surface area contributed by atoms with Gasteiger partial charge in [-0.3, -0.25) is 4.90 Å². The van der Waals surface area contributed by atoms with E-state index in [4.69, 9.17) is 4.52 Å². The van der Waals surface area contributed by atoms with E-state index in [1.165, 1.54) is 9.87 Å². The van der Waals surface area contributed by atoms with E-state index in [0.717, 1.165) is 12.1 Å². The molecule has 1 atom stereocenters. The Hall–Kier alpha value is -2.55. The van der Waals surface area contributed by atoms with Gasteiger partial charge in [0.25, 0.3) is 0 Å².